The van der Waals surface area contributed by atoms with Gasteiger partial charge in [-0.3, -0.25) is 9.59 Å². The summed E-state index contributed by atoms with van der Waals surface area (Å²) < 4.78 is 30.5. The Labute approximate surface area is 143 Å². The molecule has 0 aromatic heterocycles. The van der Waals surface area contributed by atoms with Gasteiger partial charge in [-0.05, 0) is 26.2 Å². The smallest absolute Gasteiger partial charge is 0.323 e. The van der Waals surface area contributed by atoms with Gasteiger partial charge < -0.3 is 14.7 Å². The van der Waals surface area contributed by atoms with E-state index < -0.39 is 16.0 Å². The minimum atomic E-state index is -3.25. The molecular weight excluding hydrogens is 336 g/mol. The highest BCUT2D eigenvalue weighted by Gasteiger charge is 2.32. The van der Waals surface area contributed by atoms with Crippen LogP contribution in [-0.2, 0) is 24.3 Å². The SMILES string of the molecule is CCCCOCC(=O)N(CC(=O)O)C1CCN(S(=O)(=O)CC)CC1. The lowest BCUT2D eigenvalue weighted by atomic mass is 10.0. The van der Waals surface area contributed by atoms with Crippen molar-refractivity contribution in [2.45, 2.75) is 45.6 Å². The number of hydrogen-bond acceptors (Lipinski definition) is 5. The van der Waals surface area contributed by atoms with E-state index in [0.29, 0.717) is 32.5 Å². The highest BCUT2D eigenvalue weighted by atomic mass is 32.2. The molecule has 0 radical (unpaired) electrons. The molecule has 0 aromatic carbocycles. The number of amides is 1. The monoisotopic (exact) mass is 364 g/mol. The summed E-state index contributed by atoms with van der Waals surface area (Å²) in [6.07, 6.45) is 2.68. The van der Waals surface area contributed by atoms with Crippen LogP contribution in [0, 0.1) is 0 Å². The van der Waals surface area contributed by atoms with E-state index in [9.17, 15) is 18.0 Å². The van der Waals surface area contributed by atoms with Crippen molar-refractivity contribution >= 4 is 21.9 Å². The molecule has 9 heteroatoms. The number of aliphatic carboxylic acids is 1. The first-order valence-corrected chi connectivity index (χ1v) is 9.99. The van der Waals surface area contributed by atoms with Gasteiger partial charge in [0.2, 0.25) is 15.9 Å². The van der Waals surface area contributed by atoms with Gasteiger partial charge in [0.1, 0.15) is 13.2 Å². The van der Waals surface area contributed by atoms with Gasteiger partial charge in [-0.15, -0.1) is 0 Å². The molecule has 1 rings (SSSR count). The minimum absolute atomic E-state index is 0.0424. The quantitative estimate of drug-likeness (QED) is 0.567. The zero-order valence-electron chi connectivity index (χ0n) is 14.4. The Morgan fingerprint density at radius 2 is 1.88 bits per heavy atom. The Balaban J connectivity index is 2.63. The Morgan fingerprint density at radius 1 is 1.25 bits per heavy atom. The van der Waals surface area contributed by atoms with Gasteiger partial charge in [0.15, 0.2) is 0 Å². The largest absolute Gasteiger partial charge is 0.480 e. The lowest BCUT2D eigenvalue weighted by Gasteiger charge is -2.37. The van der Waals surface area contributed by atoms with Crippen LogP contribution in [0.5, 0.6) is 0 Å². The van der Waals surface area contributed by atoms with Crippen LogP contribution >= 0.6 is 0 Å². The lowest BCUT2D eigenvalue weighted by molar-refractivity contribution is -0.149. The van der Waals surface area contributed by atoms with Gasteiger partial charge in [0.25, 0.3) is 0 Å². The fourth-order valence-electron chi connectivity index (χ4n) is 2.67. The number of unbranched alkanes of at least 4 members (excludes halogenated alkanes) is 1. The summed E-state index contributed by atoms with van der Waals surface area (Å²) in [6.45, 7) is 4.16. The number of ether oxygens (including phenoxy) is 1. The second-order valence-corrected chi connectivity index (χ2v) is 8.11. The molecular formula is C15H28N2O6S. The van der Waals surface area contributed by atoms with E-state index >= 15 is 0 Å². The molecule has 24 heavy (non-hydrogen) atoms. The molecule has 0 saturated carbocycles. The Morgan fingerprint density at radius 3 is 2.38 bits per heavy atom. The normalized spacial score (nSPS) is 16.9. The van der Waals surface area contributed by atoms with Crippen molar-refractivity contribution in [1.82, 2.24) is 9.21 Å². The molecule has 1 amide bonds. The fraction of sp³-hybridized carbons (Fsp3) is 0.867. The number of nitrogens with zero attached hydrogens (tertiary/aromatic N) is 2. The predicted octanol–water partition coefficient (Wildman–Crippen LogP) is 0.530. The molecule has 1 aliphatic heterocycles. The van der Waals surface area contributed by atoms with Crippen LogP contribution in [0.3, 0.4) is 0 Å². The third kappa shape index (κ3) is 6.37. The van der Waals surface area contributed by atoms with E-state index in [4.69, 9.17) is 9.84 Å². The van der Waals surface area contributed by atoms with Crippen LogP contribution in [0.4, 0.5) is 0 Å². The van der Waals surface area contributed by atoms with Crippen LogP contribution in [-0.4, -0.2) is 79.2 Å². The average molecular weight is 364 g/mol. The predicted molar refractivity (Wildman–Crippen MR) is 89.1 cm³/mol. The number of sulfonamides is 1. The topological polar surface area (TPSA) is 104 Å². The minimum Gasteiger partial charge on any atom is -0.480 e. The van der Waals surface area contributed by atoms with Gasteiger partial charge >= 0.3 is 5.97 Å². The lowest BCUT2D eigenvalue weighted by Crippen LogP contribution is -2.51. The molecule has 0 unspecified atom stereocenters. The van der Waals surface area contributed by atoms with Gasteiger partial charge in [-0.2, -0.15) is 0 Å². The highest BCUT2D eigenvalue weighted by molar-refractivity contribution is 7.89. The maximum atomic E-state index is 12.3. The third-order valence-corrected chi connectivity index (χ3v) is 6.00. The molecule has 0 aromatic rings. The van der Waals surface area contributed by atoms with Crippen LogP contribution in [0.15, 0.2) is 0 Å². The Kier molecular flexibility index (Phi) is 8.65. The van der Waals surface area contributed by atoms with E-state index in [2.05, 4.69) is 0 Å². The number of hydrogen-bond donors (Lipinski definition) is 1. The van der Waals surface area contributed by atoms with Crippen molar-refractivity contribution in [2.24, 2.45) is 0 Å². The van der Waals surface area contributed by atoms with Crippen molar-refractivity contribution < 1.29 is 27.9 Å². The second-order valence-electron chi connectivity index (χ2n) is 5.85. The standard InChI is InChI=1S/C15H28N2O6S/c1-3-5-10-23-12-14(18)17(11-15(19)20)13-6-8-16(9-7-13)24(21,22)4-2/h13H,3-12H2,1-2H3,(H,19,20). The van der Waals surface area contributed by atoms with Gasteiger partial charge in [0.05, 0.1) is 5.75 Å². The summed E-state index contributed by atoms with van der Waals surface area (Å²) in [4.78, 5) is 24.7. The maximum Gasteiger partial charge on any atom is 0.323 e. The second kappa shape index (κ2) is 9.95. The van der Waals surface area contributed by atoms with Crippen molar-refractivity contribution in [3.8, 4) is 0 Å². The van der Waals surface area contributed by atoms with E-state index in [1.165, 1.54) is 9.21 Å². The van der Waals surface area contributed by atoms with Crippen LogP contribution < -0.4 is 0 Å². The van der Waals surface area contributed by atoms with Crippen LogP contribution in [0.2, 0.25) is 0 Å². The average Bonchev–Trinajstić information content (AvgIpc) is 2.56. The zero-order chi connectivity index (χ0) is 18.2. The zero-order valence-corrected chi connectivity index (χ0v) is 15.3. The molecule has 1 saturated heterocycles. The van der Waals surface area contributed by atoms with E-state index in [-0.39, 0.29) is 30.9 Å². The summed E-state index contributed by atoms with van der Waals surface area (Å²) in [7, 11) is -3.25. The maximum absolute atomic E-state index is 12.3. The van der Waals surface area contributed by atoms with E-state index in [0.717, 1.165) is 12.8 Å². The highest BCUT2D eigenvalue weighted by Crippen LogP contribution is 2.19. The number of carbonyl (C=O) groups excluding carboxylic acids is 1. The molecule has 8 nitrogen and oxygen atoms in total. The number of carboxylic acids is 1. The molecule has 0 aliphatic carbocycles. The van der Waals surface area contributed by atoms with Crippen LogP contribution in [0.1, 0.15) is 39.5 Å². The van der Waals surface area contributed by atoms with Crippen molar-refractivity contribution in [1.29, 1.82) is 0 Å². The molecule has 0 bridgehead atoms. The number of carboxylic acid groups (broad SMARTS) is 1. The first kappa shape index (κ1) is 20.9. The molecule has 140 valence electrons. The summed E-state index contributed by atoms with van der Waals surface area (Å²) in [5.41, 5.74) is 0. The fourth-order valence-corrected chi connectivity index (χ4v) is 3.80. The van der Waals surface area contributed by atoms with Crippen LogP contribution in [0.25, 0.3) is 0 Å². The van der Waals surface area contributed by atoms with E-state index in [1.54, 1.807) is 6.92 Å². The van der Waals surface area contributed by atoms with Gasteiger partial charge in [0, 0.05) is 25.7 Å². The van der Waals surface area contributed by atoms with Gasteiger partial charge in [-0.25, -0.2) is 12.7 Å². The molecule has 1 aliphatic rings. The van der Waals surface area contributed by atoms with Crippen molar-refractivity contribution in [3.05, 3.63) is 0 Å². The van der Waals surface area contributed by atoms with Crippen molar-refractivity contribution in [3.63, 3.8) is 0 Å². The van der Waals surface area contributed by atoms with Crippen molar-refractivity contribution in [2.75, 3.05) is 38.6 Å². The summed E-state index contributed by atoms with van der Waals surface area (Å²) in [6, 6.07) is -0.272. The Bertz CT molecular complexity index is 514. The third-order valence-electron chi connectivity index (χ3n) is 4.12. The van der Waals surface area contributed by atoms with E-state index in [1.807, 2.05) is 6.92 Å². The summed E-state index contributed by atoms with van der Waals surface area (Å²) in [5.74, 6) is -1.40. The van der Waals surface area contributed by atoms with Gasteiger partial charge in [-0.1, -0.05) is 13.3 Å². The molecule has 1 heterocycles. The summed E-state index contributed by atoms with van der Waals surface area (Å²) >= 11 is 0. The number of carbonyl (C=O) groups is 2. The first-order chi connectivity index (χ1) is 11.3. The molecule has 0 spiro atoms. The number of piperidine rings is 1. The molecule has 1 fully saturated rings. The number of rotatable bonds is 10. The first-order valence-electron chi connectivity index (χ1n) is 8.38. The Hall–Kier alpha value is -1.19. The molecule has 1 N–H and O–H groups in total. The summed E-state index contributed by atoms with van der Waals surface area (Å²) in [5, 5.41) is 9.05. The molecule has 0 atom stereocenters.